The zero-order valence-corrected chi connectivity index (χ0v) is 11.5. The molecular weight excluding hydrogens is 258 g/mol. The zero-order valence-electron chi connectivity index (χ0n) is 11.5. The summed E-state index contributed by atoms with van der Waals surface area (Å²) in [6.07, 6.45) is 4.46. The molecule has 1 amide bonds. The van der Waals surface area contributed by atoms with E-state index in [4.69, 9.17) is 5.73 Å². The average molecular weight is 277 g/mol. The molecule has 3 N–H and O–H groups in total. The van der Waals surface area contributed by atoms with Crippen molar-refractivity contribution in [3.63, 3.8) is 0 Å². The van der Waals surface area contributed by atoms with E-state index in [2.05, 4.69) is 12.2 Å². The van der Waals surface area contributed by atoms with Gasteiger partial charge in [-0.15, -0.1) is 0 Å². The summed E-state index contributed by atoms with van der Waals surface area (Å²) in [5.74, 6) is -0.342. The van der Waals surface area contributed by atoms with Crippen LogP contribution >= 0.6 is 0 Å². The fourth-order valence-electron chi connectivity index (χ4n) is 2.61. The van der Waals surface area contributed by atoms with E-state index in [9.17, 15) is 14.9 Å². The number of nitro groups is 1. The lowest BCUT2D eigenvalue weighted by atomic mass is 9.67. The van der Waals surface area contributed by atoms with Crippen molar-refractivity contribution in [1.29, 1.82) is 0 Å². The third-order valence-corrected chi connectivity index (χ3v) is 4.31. The maximum Gasteiger partial charge on any atom is 0.292 e. The molecule has 0 aromatic heterocycles. The highest BCUT2D eigenvalue weighted by Crippen LogP contribution is 2.43. The van der Waals surface area contributed by atoms with E-state index < -0.39 is 4.92 Å². The third-order valence-electron chi connectivity index (χ3n) is 4.31. The van der Waals surface area contributed by atoms with Crippen LogP contribution in [0, 0.1) is 15.5 Å². The molecule has 0 bridgehead atoms. The van der Waals surface area contributed by atoms with Gasteiger partial charge >= 0.3 is 0 Å². The van der Waals surface area contributed by atoms with Gasteiger partial charge in [-0.3, -0.25) is 14.9 Å². The number of nitrogens with one attached hydrogen (secondary N) is 1. The molecule has 0 saturated heterocycles. The Morgan fingerprint density at radius 1 is 1.50 bits per heavy atom. The number of nitrogens with zero attached hydrogens (tertiary/aromatic N) is 1. The third kappa shape index (κ3) is 2.59. The van der Waals surface area contributed by atoms with Crippen LogP contribution in [0.1, 0.15) is 43.0 Å². The molecule has 0 unspecified atom stereocenters. The summed E-state index contributed by atoms with van der Waals surface area (Å²) in [7, 11) is 0. The number of carbonyl (C=O) groups is 1. The van der Waals surface area contributed by atoms with Crippen molar-refractivity contribution in [2.45, 2.75) is 32.6 Å². The quantitative estimate of drug-likeness (QED) is 0.490. The number of hydrogen-bond donors (Lipinski definition) is 2. The van der Waals surface area contributed by atoms with Crippen molar-refractivity contribution in [3.8, 4) is 0 Å². The van der Waals surface area contributed by atoms with Crippen molar-refractivity contribution in [3.05, 3.63) is 33.9 Å². The van der Waals surface area contributed by atoms with Crippen molar-refractivity contribution >= 4 is 17.3 Å². The number of amides is 1. The van der Waals surface area contributed by atoms with Gasteiger partial charge < -0.3 is 11.1 Å². The van der Waals surface area contributed by atoms with Gasteiger partial charge in [0.15, 0.2) is 0 Å². The lowest BCUT2D eigenvalue weighted by Crippen LogP contribution is -2.41. The molecule has 108 valence electrons. The number of carbonyl (C=O) groups excluding carboxylic acids is 1. The van der Waals surface area contributed by atoms with E-state index in [0.717, 1.165) is 19.3 Å². The van der Waals surface area contributed by atoms with Crippen LogP contribution in [0.15, 0.2) is 18.2 Å². The molecule has 0 heterocycles. The van der Waals surface area contributed by atoms with Crippen molar-refractivity contribution in [1.82, 2.24) is 5.32 Å². The predicted octanol–water partition coefficient (Wildman–Crippen LogP) is 2.49. The largest absolute Gasteiger partial charge is 0.393 e. The first-order valence-electron chi connectivity index (χ1n) is 6.80. The molecular formula is C14H19N3O3. The molecule has 1 aromatic rings. The van der Waals surface area contributed by atoms with E-state index in [1.807, 2.05) is 0 Å². The maximum atomic E-state index is 12.1. The Labute approximate surface area is 117 Å². The molecule has 1 saturated carbocycles. The van der Waals surface area contributed by atoms with Gasteiger partial charge in [0.1, 0.15) is 5.69 Å². The molecule has 1 fully saturated rings. The number of para-hydroxylation sites is 1. The van der Waals surface area contributed by atoms with E-state index in [-0.39, 0.29) is 28.3 Å². The van der Waals surface area contributed by atoms with Crippen LogP contribution in [0.3, 0.4) is 0 Å². The van der Waals surface area contributed by atoms with Crippen LogP contribution in [-0.4, -0.2) is 17.4 Å². The number of anilines is 1. The monoisotopic (exact) mass is 277 g/mol. The van der Waals surface area contributed by atoms with Gasteiger partial charge in [0.2, 0.25) is 0 Å². The Kier molecular flexibility index (Phi) is 3.92. The molecule has 0 aliphatic heterocycles. The van der Waals surface area contributed by atoms with Gasteiger partial charge in [-0.1, -0.05) is 19.4 Å². The first kappa shape index (κ1) is 14.3. The molecule has 6 nitrogen and oxygen atoms in total. The van der Waals surface area contributed by atoms with Crippen LogP contribution in [-0.2, 0) is 0 Å². The van der Waals surface area contributed by atoms with Crippen LogP contribution in [0.2, 0.25) is 0 Å². The topological polar surface area (TPSA) is 98.3 Å². The second-order valence-electron chi connectivity index (χ2n) is 5.39. The number of benzene rings is 1. The molecule has 1 aromatic carbocycles. The minimum Gasteiger partial charge on any atom is -0.393 e. The highest BCUT2D eigenvalue weighted by Gasteiger charge is 2.35. The Hall–Kier alpha value is -2.11. The molecule has 0 spiro atoms. The van der Waals surface area contributed by atoms with Gasteiger partial charge in [-0.05, 0) is 30.7 Å². The van der Waals surface area contributed by atoms with Gasteiger partial charge in [-0.25, -0.2) is 0 Å². The van der Waals surface area contributed by atoms with Gasteiger partial charge in [0.25, 0.3) is 11.6 Å². The first-order chi connectivity index (χ1) is 9.49. The molecule has 0 radical (unpaired) electrons. The SMILES string of the molecule is CCC1(CNC(=O)c2cccc([N+](=O)[O-])c2N)CCC1. The zero-order chi connectivity index (χ0) is 14.8. The lowest BCUT2D eigenvalue weighted by Gasteiger charge is -2.41. The van der Waals surface area contributed by atoms with Crippen LogP contribution < -0.4 is 11.1 Å². The van der Waals surface area contributed by atoms with Gasteiger partial charge in [0, 0.05) is 12.6 Å². The predicted molar refractivity (Wildman–Crippen MR) is 76.4 cm³/mol. The van der Waals surface area contributed by atoms with Gasteiger partial charge in [0.05, 0.1) is 10.5 Å². The number of hydrogen-bond acceptors (Lipinski definition) is 4. The smallest absolute Gasteiger partial charge is 0.292 e. The number of nitrogen functional groups attached to an aromatic ring is 1. The van der Waals surface area contributed by atoms with Crippen LogP contribution in [0.4, 0.5) is 11.4 Å². The standard InChI is InChI=1S/C14H19N3O3/c1-2-14(7-4-8-14)9-16-13(18)10-5-3-6-11(12(10)15)17(19)20/h3,5-6H,2,4,7-9,15H2,1H3,(H,16,18). The number of nitrogens with two attached hydrogens (primary N) is 1. The van der Waals surface area contributed by atoms with E-state index in [1.54, 1.807) is 0 Å². The second-order valence-corrected chi connectivity index (χ2v) is 5.39. The minimum absolute atomic E-state index is 0.0749. The summed E-state index contributed by atoms with van der Waals surface area (Å²) >= 11 is 0. The van der Waals surface area contributed by atoms with Crippen molar-refractivity contribution in [2.24, 2.45) is 5.41 Å². The number of nitro benzene ring substituents is 1. The van der Waals surface area contributed by atoms with E-state index in [1.165, 1.54) is 24.6 Å². The van der Waals surface area contributed by atoms with Crippen molar-refractivity contribution in [2.75, 3.05) is 12.3 Å². The highest BCUT2D eigenvalue weighted by atomic mass is 16.6. The molecule has 20 heavy (non-hydrogen) atoms. The summed E-state index contributed by atoms with van der Waals surface area (Å²) in [6, 6.07) is 4.28. The summed E-state index contributed by atoms with van der Waals surface area (Å²) < 4.78 is 0. The summed E-state index contributed by atoms with van der Waals surface area (Å²) in [6.45, 7) is 2.72. The molecule has 6 heteroatoms. The van der Waals surface area contributed by atoms with Crippen LogP contribution in [0.25, 0.3) is 0 Å². The Morgan fingerprint density at radius 2 is 2.20 bits per heavy atom. The van der Waals surface area contributed by atoms with Crippen molar-refractivity contribution < 1.29 is 9.72 Å². The lowest BCUT2D eigenvalue weighted by molar-refractivity contribution is -0.383. The highest BCUT2D eigenvalue weighted by molar-refractivity contribution is 6.01. The molecule has 2 rings (SSSR count). The first-order valence-corrected chi connectivity index (χ1v) is 6.80. The number of rotatable bonds is 5. The fraction of sp³-hybridized carbons (Fsp3) is 0.500. The maximum absolute atomic E-state index is 12.1. The Bertz CT molecular complexity index is 533. The average Bonchev–Trinajstić information content (AvgIpc) is 2.37. The fourth-order valence-corrected chi connectivity index (χ4v) is 2.61. The summed E-state index contributed by atoms with van der Waals surface area (Å²) in [5, 5.41) is 13.7. The normalized spacial score (nSPS) is 16.2. The molecule has 0 atom stereocenters. The Balaban J connectivity index is 2.10. The summed E-state index contributed by atoms with van der Waals surface area (Å²) in [4.78, 5) is 22.4. The van der Waals surface area contributed by atoms with E-state index in [0.29, 0.717) is 6.54 Å². The summed E-state index contributed by atoms with van der Waals surface area (Å²) in [5.41, 5.74) is 5.77. The van der Waals surface area contributed by atoms with Crippen LogP contribution in [0.5, 0.6) is 0 Å². The van der Waals surface area contributed by atoms with E-state index >= 15 is 0 Å². The second kappa shape index (κ2) is 5.48. The minimum atomic E-state index is -0.578. The molecule has 1 aliphatic carbocycles. The molecule has 1 aliphatic rings. The Morgan fingerprint density at radius 3 is 2.70 bits per heavy atom. The van der Waals surface area contributed by atoms with Gasteiger partial charge in [-0.2, -0.15) is 0 Å².